The van der Waals surface area contributed by atoms with Crippen molar-refractivity contribution in [2.24, 2.45) is 0 Å². The number of carboxylic acid groups (broad SMARTS) is 1. The first-order chi connectivity index (χ1) is 21.7. The number of anilines is 4. The van der Waals surface area contributed by atoms with E-state index in [1.54, 1.807) is 35.2 Å². The molecule has 2 N–H and O–H groups in total. The van der Waals surface area contributed by atoms with Crippen molar-refractivity contribution in [3.05, 3.63) is 60.0 Å². The molecule has 1 saturated heterocycles. The van der Waals surface area contributed by atoms with Gasteiger partial charge in [0, 0.05) is 69.8 Å². The molecule has 13 heteroatoms. The molecule has 0 radical (unpaired) electrons. The topological polar surface area (TPSA) is 124 Å². The van der Waals surface area contributed by atoms with Crippen LogP contribution in [0.5, 0.6) is 11.5 Å². The Morgan fingerprint density at radius 3 is 2.47 bits per heavy atom. The summed E-state index contributed by atoms with van der Waals surface area (Å²) in [5.41, 5.74) is 1.28. The summed E-state index contributed by atoms with van der Waals surface area (Å²) in [5, 5.41) is 13.1. The van der Waals surface area contributed by atoms with Crippen LogP contribution >= 0.6 is 0 Å². The molecule has 3 aromatic rings. The highest BCUT2D eigenvalue weighted by atomic mass is 19.1. The van der Waals surface area contributed by atoms with Crippen LogP contribution in [0.15, 0.2) is 48.7 Å². The molecule has 2 heterocycles. The molecule has 0 spiro atoms. The van der Waals surface area contributed by atoms with Crippen LogP contribution in [-0.2, 0) is 11.2 Å². The Morgan fingerprint density at radius 1 is 1.04 bits per heavy atom. The smallest absolute Gasteiger partial charge is 0.417 e. The first-order valence-electron chi connectivity index (χ1n) is 15.1. The molecule has 1 fully saturated rings. The van der Waals surface area contributed by atoms with E-state index in [1.807, 2.05) is 13.8 Å². The fraction of sp³-hybridized carbons (Fsp3) is 0.438. The van der Waals surface area contributed by atoms with Crippen LogP contribution in [0.25, 0.3) is 0 Å². The van der Waals surface area contributed by atoms with Gasteiger partial charge in [-0.05, 0) is 57.1 Å². The lowest BCUT2D eigenvalue weighted by Gasteiger charge is -2.32. The number of carbonyl (C=O) groups is 2. The Balaban J connectivity index is 1.42. The van der Waals surface area contributed by atoms with Crippen LogP contribution < -0.4 is 19.7 Å². The van der Waals surface area contributed by atoms with Gasteiger partial charge in [0.2, 0.25) is 11.9 Å². The number of nitrogens with zero attached hydrogens (tertiary/aromatic N) is 6. The molecule has 2 amide bonds. The van der Waals surface area contributed by atoms with Crippen LogP contribution in [0, 0.1) is 5.82 Å². The summed E-state index contributed by atoms with van der Waals surface area (Å²) in [6, 6.07) is 10.8. The number of methoxy groups -OCH3 is 1. The van der Waals surface area contributed by atoms with E-state index in [0.29, 0.717) is 30.9 Å². The predicted molar refractivity (Wildman–Crippen MR) is 171 cm³/mol. The third-order valence-electron chi connectivity index (χ3n) is 7.68. The van der Waals surface area contributed by atoms with Crippen molar-refractivity contribution in [2.75, 3.05) is 76.8 Å². The second kappa shape index (κ2) is 16.0. The number of hydrogen-bond acceptors (Lipinski definition) is 9. The molecule has 12 nitrogen and oxygen atoms in total. The molecule has 0 bridgehead atoms. The average molecular weight is 624 g/mol. The summed E-state index contributed by atoms with van der Waals surface area (Å²) in [7, 11) is 3.55. The summed E-state index contributed by atoms with van der Waals surface area (Å²) in [6.07, 6.45) is 1.05. The highest BCUT2D eigenvalue weighted by Gasteiger charge is 2.24. The number of hydrogen-bond donors (Lipinski definition) is 2. The quantitative estimate of drug-likeness (QED) is 0.246. The molecule has 4 rings (SSSR count). The first-order valence-corrected chi connectivity index (χ1v) is 15.1. The largest absolute Gasteiger partial charge is 0.495 e. The van der Waals surface area contributed by atoms with Gasteiger partial charge in [0.25, 0.3) is 0 Å². The fourth-order valence-electron chi connectivity index (χ4n) is 5.10. The summed E-state index contributed by atoms with van der Waals surface area (Å²) in [4.78, 5) is 40.9. The van der Waals surface area contributed by atoms with Crippen LogP contribution in [-0.4, -0.2) is 108 Å². The number of likely N-dealkylation sites (N-methyl/N-ethyl adjacent to an activating group) is 2. The SMILES string of the molecule is CCN(CC)C(=O)Cc1ccc(N(C(=O)O)c2ccnc(Nc3ccc(OCCCN4CCN(C)CC4)c(F)c3)n2)c(OC)c1. The minimum Gasteiger partial charge on any atom is -0.495 e. The molecule has 1 aromatic heterocycles. The Bertz CT molecular complexity index is 1450. The van der Waals surface area contributed by atoms with E-state index in [9.17, 15) is 19.1 Å². The van der Waals surface area contributed by atoms with E-state index in [2.05, 4.69) is 32.1 Å². The molecule has 45 heavy (non-hydrogen) atoms. The molecule has 2 aromatic carbocycles. The number of benzene rings is 2. The van der Waals surface area contributed by atoms with Gasteiger partial charge in [0.1, 0.15) is 11.6 Å². The van der Waals surface area contributed by atoms with Crippen molar-refractivity contribution in [3.63, 3.8) is 0 Å². The summed E-state index contributed by atoms with van der Waals surface area (Å²) in [6.45, 7) is 10.5. The zero-order valence-electron chi connectivity index (χ0n) is 26.3. The van der Waals surface area contributed by atoms with Gasteiger partial charge < -0.3 is 34.6 Å². The number of piperazine rings is 1. The maximum Gasteiger partial charge on any atom is 0.417 e. The van der Waals surface area contributed by atoms with Crippen molar-refractivity contribution >= 4 is 35.1 Å². The lowest BCUT2D eigenvalue weighted by Crippen LogP contribution is -2.44. The van der Waals surface area contributed by atoms with Crippen LogP contribution in [0.4, 0.5) is 32.3 Å². The Hall–Kier alpha value is -4.49. The Labute approximate surface area is 263 Å². The summed E-state index contributed by atoms with van der Waals surface area (Å²) >= 11 is 0. The minimum atomic E-state index is -1.30. The molecular formula is C32H42FN7O5. The van der Waals surface area contributed by atoms with E-state index in [0.717, 1.165) is 44.0 Å². The van der Waals surface area contributed by atoms with E-state index in [4.69, 9.17) is 9.47 Å². The van der Waals surface area contributed by atoms with E-state index < -0.39 is 11.9 Å². The second-order valence-electron chi connectivity index (χ2n) is 10.7. The molecule has 0 saturated carbocycles. The van der Waals surface area contributed by atoms with Gasteiger partial charge in [-0.15, -0.1) is 0 Å². The molecule has 1 aliphatic heterocycles. The van der Waals surface area contributed by atoms with Gasteiger partial charge >= 0.3 is 6.09 Å². The van der Waals surface area contributed by atoms with E-state index >= 15 is 0 Å². The Morgan fingerprint density at radius 2 is 1.80 bits per heavy atom. The number of carbonyl (C=O) groups excluding carboxylic acids is 1. The molecular weight excluding hydrogens is 581 g/mol. The van der Waals surface area contributed by atoms with Gasteiger partial charge in [-0.25, -0.2) is 19.1 Å². The molecule has 0 atom stereocenters. The van der Waals surface area contributed by atoms with Gasteiger partial charge in [-0.3, -0.25) is 4.79 Å². The number of aromatic nitrogens is 2. The standard InChI is InChI=1S/C32H42FN7O5/c1-5-39(6-2)30(41)21-23-8-10-26(28(20-23)44-4)40(32(42)43)29-12-13-34-31(36-29)35-24-9-11-27(25(33)22-24)45-19-7-14-38-17-15-37(3)16-18-38/h8-13,20,22H,5-7,14-19,21H2,1-4H3,(H,42,43)(H,34,35,36). The zero-order chi connectivity index (χ0) is 32.3. The van der Waals surface area contributed by atoms with Crippen molar-refractivity contribution in [2.45, 2.75) is 26.7 Å². The zero-order valence-corrected chi connectivity index (χ0v) is 26.3. The number of ether oxygens (including phenoxy) is 2. The molecule has 1 aliphatic rings. The highest BCUT2D eigenvalue weighted by molar-refractivity contribution is 5.95. The number of rotatable bonds is 14. The molecule has 0 unspecified atom stereocenters. The third kappa shape index (κ3) is 9.02. The van der Waals surface area contributed by atoms with Crippen LogP contribution in [0.2, 0.25) is 0 Å². The normalized spacial score (nSPS) is 13.7. The number of halogens is 1. The average Bonchev–Trinajstić information content (AvgIpc) is 3.02. The maximum absolute atomic E-state index is 14.8. The fourth-order valence-corrected chi connectivity index (χ4v) is 5.10. The second-order valence-corrected chi connectivity index (χ2v) is 10.7. The van der Waals surface area contributed by atoms with E-state index in [-0.39, 0.29) is 41.3 Å². The van der Waals surface area contributed by atoms with Crippen molar-refractivity contribution in [1.29, 1.82) is 0 Å². The van der Waals surface area contributed by atoms with Crippen molar-refractivity contribution in [3.8, 4) is 11.5 Å². The monoisotopic (exact) mass is 623 g/mol. The maximum atomic E-state index is 14.8. The van der Waals surface area contributed by atoms with Crippen LogP contribution in [0.3, 0.4) is 0 Å². The molecule has 0 aliphatic carbocycles. The van der Waals surface area contributed by atoms with Gasteiger partial charge in [-0.1, -0.05) is 6.07 Å². The minimum absolute atomic E-state index is 0.0337. The predicted octanol–water partition coefficient (Wildman–Crippen LogP) is 4.61. The van der Waals surface area contributed by atoms with Crippen LogP contribution in [0.1, 0.15) is 25.8 Å². The first kappa shape index (κ1) is 33.4. The van der Waals surface area contributed by atoms with Gasteiger partial charge in [0.05, 0.1) is 25.8 Å². The lowest BCUT2D eigenvalue weighted by atomic mass is 10.1. The Kier molecular flexibility index (Phi) is 11.9. The van der Waals surface area contributed by atoms with Crippen molar-refractivity contribution in [1.82, 2.24) is 24.7 Å². The summed E-state index contributed by atoms with van der Waals surface area (Å²) in [5.74, 6) is -0.0390. The van der Waals surface area contributed by atoms with E-state index in [1.165, 1.54) is 25.4 Å². The van der Waals surface area contributed by atoms with Crippen molar-refractivity contribution < 1.29 is 28.6 Å². The third-order valence-corrected chi connectivity index (χ3v) is 7.68. The number of amides is 2. The summed E-state index contributed by atoms with van der Waals surface area (Å²) < 4.78 is 26.0. The highest BCUT2D eigenvalue weighted by Crippen LogP contribution is 2.35. The number of nitrogens with one attached hydrogen (secondary N) is 1. The lowest BCUT2D eigenvalue weighted by molar-refractivity contribution is -0.130. The van der Waals surface area contributed by atoms with Gasteiger partial charge in [-0.2, -0.15) is 4.98 Å². The molecule has 242 valence electrons. The van der Waals surface area contributed by atoms with Gasteiger partial charge in [0.15, 0.2) is 11.6 Å².